The van der Waals surface area contributed by atoms with Crippen LogP contribution in [-0.4, -0.2) is 36.0 Å². The number of ether oxygens (including phenoxy) is 1. The highest BCUT2D eigenvalue weighted by atomic mass is 16.5. The number of rotatable bonds is 6. The molecule has 0 atom stereocenters. The van der Waals surface area contributed by atoms with Crippen LogP contribution in [-0.2, 0) is 11.3 Å². The predicted octanol–water partition coefficient (Wildman–Crippen LogP) is 3.11. The molecular weight excluding hydrogens is 316 g/mol. The number of pyridine rings is 1. The molecule has 1 aromatic carbocycles. The van der Waals surface area contributed by atoms with Gasteiger partial charge in [-0.1, -0.05) is 36.9 Å². The minimum Gasteiger partial charge on any atom is -0.465 e. The first kappa shape index (κ1) is 18.4. The molecule has 25 heavy (non-hydrogen) atoms. The van der Waals surface area contributed by atoms with Crippen molar-refractivity contribution in [1.29, 1.82) is 0 Å². The summed E-state index contributed by atoms with van der Waals surface area (Å²) in [6, 6.07) is 11.6. The van der Waals surface area contributed by atoms with E-state index in [1.165, 1.54) is 19.5 Å². The largest absolute Gasteiger partial charge is 0.465 e. The summed E-state index contributed by atoms with van der Waals surface area (Å²) in [5.74, 6) is 0.0939. The number of hydrazine groups is 1. The van der Waals surface area contributed by atoms with Gasteiger partial charge in [0.05, 0.1) is 24.6 Å². The number of nitrogens with zero attached hydrogens (tertiary/aromatic N) is 3. The van der Waals surface area contributed by atoms with Crippen molar-refractivity contribution in [3.63, 3.8) is 0 Å². The van der Waals surface area contributed by atoms with Gasteiger partial charge in [0, 0.05) is 19.8 Å². The van der Waals surface area contributed by atoms with Crippen molar-refractivity contribution in [3.8, 4) is 0 Å². The quantitative estimate of drug-likeness (QED) is 0.379. The van der Waals surface area contributed by atoms with E-state index in [4.69, 9.17) is 4.74 Å². The average molecular weight is 338 g/mol. The second-order valence-electron chi connectivity index (χ2n) is 5.58. The SMILES string of the molecule is C=C(C)C(=Nc1cnccc1C(=O)OC)NN(C)Cc1ccccc1. The molecule has 130 valence electrons. The van der Waals surface area contributed by atoms with Gasteiger partial charge in [-0.05, 0) is 24.1 Å². The molecule has 1 N–H and O–H groups in total. The predicted molar refractivity (Wildman–Crippen MR) is 98.5 cm³/mol. The third kappa shape index (κ3) is 5.26. The smallest absolute Gasteiger partial charge is 0.340 e. The van der Waals surface area contributed by atoms with Crippen molar-refractivity contribution in [2.24, 2.45) is 4.99 Å². The summed E-state index contributed by atoms with van der Waals surface area (Å²) < 4.78 is 4.79. The number of aliphatic imine (C=N–C) groups is 1. The number of methoxy groups -OCH3 is 1. The summed E-state index contributed by atoms with van der Waals surface area (Å²) in [6.45, 7) is 6.48. The first-order chi connectivity index (χ1) is 12.0. The van der Waals surface area contributed by atoms with Crippen molar-refractivity contribution in [1.82, 2.24) is 15.4 Å². The summed E-state index contributed by atoms with van der Waals surface area (Å²) in [4.78, 5) is 20.4. The van der Waals surface area contributed by atoms with Crippen molar-refractivity contribution in [2.75, 3.05) is 14.2 Å². The summed E-state index contributed by atoms with van der Waals surface area (Å²) in [6.07, 6.45) is 3.05. The highest BCUT2D eigenvalue weighted by Crippen LogP contribution is 2.19. The topological polar surface area (TPSA) is 66.8 Å². The molecule has 0 fully saturated rings. The van der Waals surface area contributed by atoms with Gasteiger partial charge in [-0.3, -0.25) is 4.98 Å². The molecule has 0 saturated carbocycles. The molecule has 1 heterocycles. The molecular formula is C19H22N4O2. The number of carbonyl (C=O) groups excluding carboxylic acids is 1. The van der Waals surface area contributed by atoms with Gasteiger partial charge in [0.25, 0.3) is 0 Å². The van der Waals surface area contributed by atoms with E-state index in [0.717, 1.165) is 11.1 Å². The van der Waals surface area contributed by atoms with Crippen molar-refractivity contribution < 1.29 is 9.53 Å². The number of nitrogens with one attached hydrogen (secondary N) is 1. The average Bonchev–Trinajstić information content (AvgIpc) is 2.61. The maximum Gasteiger partial charge on any atom is 0.340 e. The van der Waals surface area contributed by atoms with Gasteiger partial charge >= 0.3 is 5.97 Å². The van der Waals surface area contributed by atoms with Crippen LogP contribution in [0.2, 0.25) is 0 Å². The summed E-state index contributed by atoms with van der Waals surface area (Å²) in [5, 5.41) is 1.90. The summed E-state index contributed by atoms with van der Waals surface area (Å²) >= 11 is 0. The van der Waals surface area contributed by atoms with Crippen LogP contribution in [0.5, 0.6) is 0 Å². The Morgan fingerprint density at radius 2 is 2.04 bits per heavy atom. The van der Waals surface area contributed by atoms with E-state index in [1.807, 2.05) is 49.3 Å². The van der Waals surface area contributed by atoms with Crippen molar-refractivity contribution in [2.45, 2.75) is 13.5 Å². The number of benzene rings is 1. The third-order valence-electron chi connectivity index (χ3n) is 3.40. The molecule has 0 aliphatic rings. The van der Waals surface area contributed by atoms with Gasteiger partial charge in [-0.2, -0.15) is 0 Å². The number of esters is 1. The molecule has 0 unspecified atom stereocenters. The minimum absolute atomic E-state index is 0.351. The van der Waals surface area contributed by atoms with Gasteiger partial charge in [-0.25, -0.2) is 14.8 Å². The van der Waals surface area contributed by atoms with E-state index in [9.17, 15) is 4.79 Å². The zero-order valence-corrected chi connectivity index (χ0v) is 14.7. The van der Waals surface area contributed by atoms with Gasteiger partial charge in [0.15, 0.2) is 0 Å². The molecule has 2 rings (SSSR count). The van der Waals surface area contributed by atoms with Gasteiger partial charge in [0.2, 0.25) is 0 Å². The fourth-order valence-corrected chi connectivity index (χ4v) is 2.17. The Kier molecular flexibility index (Phi) is 6.42. The maximum absolute atomic E-state index is 11.9. The van der Waals surface area contributed by atoms with Crippen molar-refractivity contribution >= 4 is 17.5 Å². The summed E-state index contributed by atoms with van der Waals surface area (Å²) in [5.41, 5.74) is 5.87. The number of hydrogen-bond acceptors (Lipinski definition) is 5. The van der Waals surface area contributed by atoms with Gasteiger partial charge in [-0.15, -0.1) is 0 Å². The standard InChI is InChI=1S/C19H22N4O2/c1-14(2)18(22-23(3)13-15-8-6-5-7-9-15)21-17-12-20-11-10-16(17)19(24)25-4/h5-12H,1,13H2,2-4H3,(H,21,22). The van der Waals surface area contributed by atoms with Crippen LogP contribution in [0.4, 0.5) is 5.69 Å². The number of aromatic nitrogens is 1. The molecule has 1 aromatic heterocycles. The maximum atomic E-state index is 11.9. The highest BCUT2D eigenvalue weighted by molar-refractivity contribution is 6.01. The summed E-state index contributed by atoms with van der Waals surface area (Å²) in [7, 11) is 3.25. The number of amidine groups is 1. The first-order valence-electron chi connectivity index (χ1n) is 7.80. The van der Waals surface area contributed by atoms with Crippen LogP contribution < -0.4 is 5.43 Å². The Labute approximate surface area is 147 Å². The minimum atomic E-state index is -0.458. The molecule has 2 aromatic rings. The lowest BCUT2D eigenvalue weighted by Crippen LogP contribution is -2.39. The second kappa shape index (κ2) is 8.75. The number of hydrogen-bond donors (Lipinski definition) is 1. The molecule has 6 heteroatoms. The Balaban J connectivity index is 2.22. The van der Waals surface area contributed by atoms with E-state index >= 15 is 0 Å². The monoisotopic (exact) mass is 338 g/mol. The van der Waals surface area contributed by atoms with Crippen LogP contribution in [0.1, 0.15) is 22.8 Å². The van der Waals surface area contributed by atoms with E-state index in [1.54, 1.807) is 6.07 Å². The van der Waals surface area contributed by atoms with Gasteiger partial charge < -0.3 is 10.2 Å². The normalized spacial score (nSPS) is 11.3. The van der Waals surface area contributed by atoms with Crippen LogP contribution in [0.25, 0.3) is 0 Å². The first-order valence-corrected chi connectivity index (χ1v) is 7.80. The molecule has 0 bridgehead atoms. The second-order valence-corrected chi connectivity index (χ2v) is 5.58. The lowest BCUT2D eigenvalue weighted by molar-refractivity contribution is 0.0601. The Bertz CT molecular complexity index is 772. The molecule has 0 aliphatic heterocycles. The Hall–Kier alpha value is -2.99. The third-order valence-corrected chi connectivity index (χ3v) is 3.40. The fourth-order valence-electron chi connectivity index (χ4n) is 2.17. The van der Waals surface area contributed by atoms with Crippen molar-refractivity contribution in [3.05, 3.63) is 72.1 Å². The van der Waals surface area contributed by atoms with Crippen LogP contribution in [0, 0.1) is 0 Å². The van der Waals surface area contributed by atoms with Crippen LogP contribution in [0.15, 0.2) is 65.9 Å². The molecule has 0 saturated heterocycles. The lowest BCUT2D eigenvalue weighted by Gasteiger charge is -2.21. The molecule has 0 radical (unpaired) electrons. The van der Waals surface area contributed by atoms with E-state index in [2.05, 4.69) is 22.0 Å². The zero-order valence-electron chi connectivity index (χ0n) is 14.7. The molecule has 0 spiro atoms. The van der Waals surface area contributed by atoms with Crippen LogP contribution in [0.3, 0.4) is 0 Å². The Morgan fingerprint density at radius 1 is 1.32 bits per heavy atom. The number of carbonyl (C=O) groups is 1. The lowest BCUT2D eigenvalue weighted by atomic mass is 10.2. The fraction of sp³-hybridized carbons (Fsp3) is 0.211. The highest BCUT2D eigenvalue weighted by Gasteiger charge is 2.13. The zero-order chi connectivity index (χ0) is 18.2. The van der Waals surface area contributed by atoms with Gasteiger partial charge in [0.1, 0.15) is 5.84 Å². The van der Waals surface area contributed by atoms with E-state index in [-0.39, 0.29) is 0 Å². The van der Waals surface area contributed by atoms with E-state index < -0.39 is 5.97 Å². The van der Waals surface area contributed by atoms with E-state index in [0.29, 0.717) is 23.6 Å². The molecule has 0 aliphatic carbocycles. The molecule has 6 nitrogen and oxygen atoms in total. The molecule has 0 amide bonds. The Morgan fingerprint density at radius 3 is 2.68 bits per heavy atom. The van der Waals surface area contributed by atoms with Crippen LogP contribution >= 0.6 is 0 Å².